The molecule has 0 radical (unpaired) electrons. The molecule has 3 saturated carbocycles. The second-order valence-corrected chi connectivity index (χ2v) is 12.3. The SMILES string of the molecule is CCCCCC1CCC(c2ccc(C#CC=CC3CCC(C4CCC(CC)CC4)CC3)cc2)CC1. The average molecular weight is 473 g/mol. The lowest BCUT2D eigenvalue weighted by molar-refractivity contribution is 0.154. The van der Waals surface area contributed by atoms with Crippen LogP contribution in [0.15, 0.2) is 36.4 Å². The molecule has 0 nitrogen and oxygen atoms in total. The van der Waals surface area contributed by atoms with E-state index >= 15 is 0 Å². The van der Waals surface area contributed by atoms with Crippen molar-refractivity contribution in [2.24, 2.45) is 29.6 Å². The van der Waals surface area contributed by atoms with E-state index in [-0.39, 0.29) is 0 Å². The molecule has 0 amide bonds. The van der Waals surface area contributed by atoms with Gasteiger partial charge in [-0.15, -0.1) is 0 Å². The van der Waals surface area contributed by atoms with Crippen LogP contribution in [-0.4, -0.2) is 0 Å². The summed E-state index contributed by atoms with van der Waals surface area (Å²) in [5, 5.41) is 0. The molecule has 0 bridgehead atoms. The van der Waals surface area contributed by atoms with E-state index < -0.39 is 0 Å². The molecule has 1 aromatic carbocycles. The molecule has 0 atom stereocenters. The minimum Gasteiger partial charge on any atom is -0.0730 e. The van der Waals surface area contributed by atoms with Crippen LogP contribution >= 0.6 is 0 Å². The molecule has 4 rings (SSSR count). The van der Waals surface area contributed by atoms with Crippen molar-refractivity contribution in [1.82, 2.24) is 0 Å². The lowest BCUT2D eigenvalue weighted by atomic mass is 9.69. The third-order valence-electron chi connectivity index (χ3n) is 10.1. The Bertz CT molecular complexity index is 794. The first-order valence-corrected chi connectivity index (χ1v) is 15.5. The van der Waals surface area contributed by atoms with Gasteiger partial charge in [0.2, 0.25) is 0 Å². The molecule has 0 N–H and O–H groups in total. The van der Waals surface area contributed by atoms with E-state index in [0.29, 0.717) is 0 Å². The molecule has 3 aliphatic carbocycles. The molecule has 3 fully saturated rings. The molecular weight excluding hydrogens is 420 g/mol. The Labute approximate surface area is 217 Å². The lowest BCUT2D eigenvalue weighted by Crippen LogP contribution is -2.25. The summed E-state index contributed by atoms with van der Waals surface area (Å²) in [6.07, 6.45) is 28.9. The zero-order chi connectivity index (χ0) is 24.3. The van der Waals surface area contributed by atoms with E-state index in [1.165, 1.54) is 115 Å². The van der Waals surface area contributed by atoms with Crippen molar-refractivity contribution < 1.29 is 0 Å². The summed E-state index contributed by atoms with van der Waals surface area (Å²) in [5.74, 6) is 12.3. The maximum Gasteiger partial charge on any atom is 0.0249 e. The molecule has 0 saturated heterocycles. The fourth-order valence-corrected chi connectivity index (χ4v) is 7.49. The number of unbranched alkanes of at least 4 members (excludes halogenated alkanes) is 2. The second-order valence-electron chi connectivity index (χ2n) is 12.3. The molecule has 35 heavy (non-hydrogen) atoms. The van der Waals surface area contributed by atoms with Crippen molar-refractivity contribution in [3.05, 3.63) is 47.5 Å². The van der Waals surface area contributed by atoms with E-state index in [4.69, 9.17) is 0 Å². The highest BCUT2D eigenvalue weighted by Crippen LogP contribution is 2.42. The van der Waals surface area contributed by atoms with Crippen molar-refractivity contribution in [2.75, 3.05) is 0 Å². The van der Waals surface area contributed by atoms with Crippen LogP contribution in [-0.2, 0) is 0 Å². The normalized spacial score (nSPS) is 31.7. The van der Waals surface area contributed by atoms with Gasteiger partial charge >= 0.3 is 0 Å². The first kappa shape index (κ1) is 26.6. The first-order chi connectivity index (χ1) is 17.2. The summed E-state index contributed by atoms with van der Waals surface area (Å²) in [5.41, 5.74) is 2.70. The van der Waals surface area contributed by atoms with E-state index in [9.17, 15) is 0 Å². The number of allylic oxidation sites excluding steroid dienone is 2. The van der Waals surface area contributed by atoms with Gasteiger partial charge in [-0.2, -0.15) is 0 Å². The van der Waals surface area contributed by atoms with Crippen LogP contribution in [0.25, 0.3) is 0 Å². The van der Waals surface area contributed by atoms with E-state index in [2.05, 4.69) is 62.1 Å². The second kappa shape index (κ2) is 14.3. The molecule has 192 valence electrons. The first-order valence-electron chi connectivity index (χ1n) is 15.5. The van der Waals surface area contributed by atoms with Gasteiger partial charge in [-0.25, -0.2) is 0 Å². The van der Waals surface area contributed by atoms with Gasteiger partial charge in [-0.1, -0.05) is 88.8 Å². The third kappa shape index (κ3) is 8.27. The zero-order valence-electron chi connectivity index (χ0n) is 22.9. The third-order valence-corrected chi connectivity index (χ3v) is 10.1. The van der Waals surface area contributed by atoms with Gasteiger partial charge in [0.25, 0.3) is 0 Å². The number of rotatable bonds is 8. The molecule has 0 aliphatic heterocycles. The summed E-state index contributed by atoms with van der Waals surface area (Å²) in [6, 6.07) is 9.21. The van der Waals surface area contributed by atoms with Crippen LogP contribution in [0, 0.1) is 41.4 Å². The van der Waals surface area contributed by atoms with Gasteiger partial charge in [-0.3, -0.25) is 0 Å². The summed E-state index contributed by atoms with van der Waals surface area (Å²) in [4.78, 5) is 0. The quantitative estimate of drug-likeness (QED) is 0.261. The van der Waals surface area contributed by atoms with Crippen molar-refractivity contribution in [2.45, 2.75) is 129 Å². The van der Waals surface area contributed by atoms with E-state index in [1.54, 1.807) is 0 Å². The fourth-order valence-electron chi connectivity index (χ4n) is 7.49. The maximum absolute atomic E-state index is 3.38. The monoisotopic (exact) mass is 472 g/mol. The number of benzene rings is 1. The summed E-state index contributed by atoms with van der Waals surface area (Å²) < 4.78 is 0. The standard InChI is InChI=1S/C35H52/c1-3-5-6-9-29-14-22-34(23-15-29)35-26-18-31(19-27-35)11-8-7-10-30-16-24-33(25-17-30)32-20-12-28(4-2)13-21-32/h7,10,18-19,26-30,32-34H,3-6,9,12-17,20-25H2,1-2H3. The molecule has 3 aliphatic rings. The summed E-state index contributed by atoms with van der Waals surface area (Å²) in [7, 11) is 0. The van der Waals surface area contributed by atoms with Crippen molar-refractivity contribution >= 4 is 0 Å². The largest absolute Gasteiger partial charge is 0.0730 e. The Hall–Kier alpha value is -1.48. The Kier molecular flexibility index (Phi) is 10.9. The van der Waals surface area contributed by atoms with Crippen molar-refractivity contribution in [1.29, 1.82) is 0 Å². The Balaban J connectivity index is 1.16. The molecule has 0 unspecified atom stereocenters. The summed E-state index contributed by atoms with van der Waals surface area (Å²) in [6.45, 7) is 4.69. The van der Waals surface area contributed by atoms with E-state index in [0.717, 1.165) is 41.1 Å². The Morgan fingerprint density at radius 2 is 1.34 bits per heavy atom. The van der Waals surface area contributed by atoms with Gasteiger partial charge in [0, 0.05) is 5.56 Å². The topological polar surface area (TPSA) is 0 Å². The molecule has 0 heterocycles. The van der Waals surface area contributed by atoms with Crippen LogP contribution < -0.4 is 0 Å². The molecule has 1 aromatic rings. The van der Waals surface area contributed by atoms with Crippen LogP contribution in [0.5, 0.6) is 0 Å². The molecule has 0 heteroatoms. The van der Waals surface area contributed by atoms with Crippen molar-refractivity contribution in [3.8, 4) is 11.8 Å². The lowest BCUT2D eigenvalue weighted by Gasteiger charge is -2.37. The zero-order valence-corrected chi connectivity index (χ0v) is 22.9. The highest BCUT2D eigenvalue weighted by Gasteiger charge is 2.29. The number of hydrogen-bond acceptors (Lipinski definition) is 0. The summed E-state index contributed by atoms with van der Waals surface area (Å²) >= 11 is 0. The van der Waals surface area contributed by atoms with Crippen LogP contribution in [0.4, 0.5) is 0 Å². The average Bonchev–Trinajstić information content (AvgIpc) is 2.92. The van der Waals surface area contributed by atoms with Crippen LogP contribution in [0.3, 0.4) is 0 Å². The Morgan fingerprint density at radius 1 is 0.714 bits per heavy atom. The van der Waals surface area contributed by atoms with Crippen LogP contribution in [0.1, 0.15) is 140 Å². The van der Waals surface area contributed by atoms with Gasteiger partial charge < -0.3 is 0 Å². The van der Waals surface area contributed by atoms with Gasteiger partial charge in [-0.05, 0) is 123 Å². The Morgan fingerprint density at radius 3 is 1.97 bits per heavy atom. The smallest absolute Gasteiger partial charge is 0.0249 e. The maximum atomic E-state index is 3.38. The molecule has 0 spiro atoms. The minimum absolute atomic E-state index is 0.756. The highest BCUT2D eigenvalue weighted by molar-refractivity contribution is 5.39. The number of hydrogen-bond donors (Lipinski definition) is 0. The minimum atomic E-state index is 0.756. The van der Waals surface area contributed by atoms with Gasteiger partial charge in [0.05, 0.1) is 0 Å². The van der Waals surface area contributed by atoms with Crippen molar-refractivity contribution in [3.63, 3.8) is 0 Å². The van der Waals surface area contributed by atoms with E-state index in [1.807, 2.05) is 0 Å². The molecule has 0 aromatic heterocycles. The highest BCUT2D eigenvalue weighted by atomic mass is 14.3. The predicted molar refractivity (Wildman–Crippen MR) is 152 cm³/mol. The molecular formula is C35H52. The van der Waals surface area contributed by atoms with Crippen LogP contribution in [0.2, 0.25) is 0 Å². The fraction of sp³-hybridized carbons (Fsp3) is 0.714. The van der Waals surface area contributed by atoms with Gasteiger partial charge in [0.15, 0.2) is 0 Å². The predicted octanol–water partition coefficient (Wildman–Crippen LogP) is 10.5. The van der Waals surface area contributed by atoms with Gasteiger partial charge in [0.1, 0.15) is 0 Å².